The average molecular weight is 361 g/mol. The molecular formula is C18H21ClN4O2. The molecule has 132 valence electrons. The largest absolute Gasteiger partial charge is 0.347 e. The SMILES string of the molecule is Cc1ccc(Cl)cc1Nc1ccnc(N2CCC3(CC2)OCCO3)n1. The smallest absolute Gasteiger partial charge is 0.227 e. The zero-order valence-electron chi connectivity index (χ0n) is 14.2. The lowest BCUT2D eigenvalue weighted by molar-refractivity contribution is -0.169. The average Bonchev–Trinajstić information content (AvgIpc) is 3.07. The molecule has 1 aromatic carbocycles. The molecule has 0 atom stereocenters. The molecule has 6 nitrogen and oxygen atoms in total. The van der Waals surface area contributed by atoms with E-state index in [0.717, 1.165) is 48.9 Å². The first-order valence-corrected chi connectivity index (χ1v) is 8.90. The van der Waals surface area contributed by atoms with E-state index < -0.39 is 0 Å². The molecule has 0 saturated carbocycles. The van der Waals surface area contributed by atoms with E-state index in [2.05, 4.69) is 20.2 Å². The van der Waals surface area contributed by atoms with Crippen molar-refractivity contribution in [1.82, 2.24) is 9.97 Å². The van der Waals surface area contributed by atoms with Crippen LogP contribution in [0.4, 0.5) is 17.5 Å². The number of halogens is 1. The van der Waals surface area contributed by atoms with Gasteiger partial charge >= 0.3 is 0 Å². The third kappa shape index (κ3) is 3.56. The summed E-state index contributed by atoms with van der Waals surface area (Å²) in [4.78, 5) is 11.3. The van der Waals surface area contributed by atoms with Crippen molar-refractivity contribution < 1.29 is 9.47 Å². The van der Waals surface area contributed by atoms with Crippen LogP contribution in [-0.4, -0.2) is 42.1 Å². The van der Waals surface area contributed by atoms with Crippen LogP contribution in [-0.2, 0) is 9.47 Å². The number of benzene rings is 1. The highest BCUT2D eigenvalue weighted by atomic mass is 35.5. The summed E-state index contributed by atoms with van der Waals surface area (Å²) in [5.74, 6) is 1.09. The van der Waals surface area contributed by atoms with Gasteiger partial charge in [-0.25, -0.2) is 4.98 Å². The normalized spacial score (nSPS) is 19.4. The molecular weight excluding hydrogens is 340 g/mol. The number of hydrogen-bond acceptors (Lipinski definition) is 6. The summed E-state index contributed by atoms with van der Waals surface area (Å²) < 4.78 is 11.6. The summed E-state index contributed by atoms with van der Waals surface area (Å²) in [6.07, 6.45) is 3.44. The fourth-order valence-corrected chi connectivity index (χ4v) is 3.44. The number of aryl methyl sites for hydroxylation is 1. The zero-order valence-corrected chi connectivity index (χ0v) is 14.9. The molecule has 7 heteroatoms. The Kier molecular flexibility index (Phi) is 4.50. The van der Waals surface area contributed by atoms with E-state index in [1.165, 1.54) is 0 Å². The maximum atomic E-state index is 6.09. The number of nitrogens with one attached hydrogen (secondary N) is 1. The van der Waals surface area contributed by atoms with Crippen molar-refractivity contribution in [2.24, 2.45) is 0 Å². The molecule has 3 heterocycles. The van der Waals surface area contributed by atoms with Gasteiger partial charge in [0.05, 0.1) is 13.2 Å². The fourth-order valence-electron chi connectivity index (χ4n) is 3.27. The number of nitrogens with zero attached hydrogens (tertiary/aromatic N) is 3. The molecule has 2 aliphatic heterocycles. The minimum Gasteiger partial charge on any atom is -0.347 e. The summed E-state index contributed by atoms with van der Waals surface area (Å²) in [5, 5.41) is 4.02. The lowest BCUT2D eigenvalue weighted by Gasteiger charge is -2.37. The number of hydrogen-bond donors (Lipinski definition) is 1. The van der Waals surface area contributed by atoms with Gasteiger partial charge in [0.25, 0.3) is 0 Å². The van der Waals surface area contributed by atoms with Gasteiger partial charge in [-0.05, 0) is 30.7 Å². The first kappa shape index (κ1) is 16.6. The Labute approximate surface area is 152 Å². The predicted octanol–water partition coefficient (Wildman–Crippen LogP) is 3.53. The number of ether oxygens (including phenoxy) is 2. The molecule has 0 amide bonds. The number of rotatable bonds is 3. The van der Waals surface area contributed by atoms with Gasteiger partial charge in [0.2, 0.25) is 5.95 Å². The number of anilines is 3. The summed E-state index contributed by atoms with van der Waals surface area (Å²) in [7, 11) is 0. The lowest BCUT2D eigenvalue weighted by atomic mass is 10.0. The fraction of sp³-hybridized carbons (Fsp3) is 0.444. The highest BCUT2D eigenvalue weighted by Crippen LogP contribution is 2.32. The van der Waals surface area contributed by atoms with Crippen LogP contribution in [0.2, 0.25) is 5.02 Å². The van der Waals surface area contributed by atoms with Gasteiger partial charge in [0.15, 0.2) is 5.79 Å². The van der Waals surface area contributed by atoms with E-state index in [1.54, 1.807) is 6.20 Å². The Morgan fingerprint density at radius 1 is 1.16 bits per heavy atom. The van der Waals surface area contributed by atoms with Crippen molar-refractivity contribution in [3.63, 3.8) is 0 Å². The van der Waals surface area contributed by atoms with E-state index >= 15 is 0 Å². The maximum Gasteiger partial charge on any atom is 0.227 e. The van der Waals surface area contributed by atoms with Crippen LogP contribution in [0, 0.1) is 6.92 Å². The van der Waals surface area contributed by atoms with Crippen molar-refractivity contribution in [2.45, 2.75) is 25.6 Å². The predicted molar refractivity (Wildman–Crippen MR) is 97.6 cm³/mol. The summed E-state index contributed by atoms with van der Waals surface area (Å²) in [5.41, 5.74) is 2.06. The number of aromatic nitrogens is 2. The van der Waals surface area contributed by atoms with Gasteiger partial charge in [0.1, 0.15) is 5.82 Å². The Balaban J connectivity index is 1.47. The molecule has 1 spiro atoms. The van der Waals surface area contributed by atoms with Crippen LogP contribution in [0.25, 0.3) is 0 Å². The van der Waals surface area contributed by atoms with Crippen LogP contribution >= 0.6 is 11.6 Å². The standard InChI is InChI=1S/C18H21ClN4O2/c1-13-2-3-14(19)12-15(13)21-16-4-7-20-17(22-16)23-8-5-18(6-9-23)24-10-11-25-18/h2-4,7,12H,5-6,8-11H2,1H3,(H,20,21,22). The molecule has 2 saturated heterocycles. The topological polar surface area (TPSA) is 59.5 Å². The quantitative estimate of drug-likeness (QED) is 0.903. The maximum absolute atomic E-state index is 6.09. The zero-order chi connectivity index (χ0) is 17.3. The van der Waals surface area contributed by atoms with Crippen LogP contribution in [0.15, 0.2) is 30.5 Å². The third-order valence-electron chi connectivity index (χ3n) is 4.73. The van der Waals surface area contributed by atoms with Gasteiger partial charge in [-0.1, -0.05) is 17.7 Å². The van der Waals surface area contributed by atoms with Crippen LogP contribution < -0.4 is 10.2 Å². The summed E-state index contributed by atoms with van der Waals surface area (Å²) in [6, 6.07) is 7.62. The molecule has 1 aromatic heterocycles. The molecule has 25 heavy (non-hydrogen) atoms. The molecule has 0 aliphatic carbocycles. The first-order chi connectivity index (χ1) is 12.1. The Hall–Kier alpha value is -1.89. The monoisotopic (exact) mass is 360 g/mol. The molecule has 0 radical (unpaired) electrons. The van der Waals surface area contributed by atoms with E-state index in [-0.39, 0.29) is 5.79 Å². The van der Waals surface area contributed by atoms with Gasteiger partial charge in [0, 0.05) is 42.8 Å². The lowest BCUT2D eigenvalue weighted by Crippen LogP contribution is -2.45. The van der Waals surface area contributed by atoms with E-state index in [0.29, 0.717) is 18.2 Å². The van der Waals surface area contributed by atoms with Crippen molar-refractivity contribution in [2.75, 3.05) is 36.5 Å². The number of piperidine rings is 1. The van der Waals surface area contributed by atoms with Crippen LogP contribution in [0.3, 0.4) is 0 Å². The minimum absolute atomic E-state index is 0.385. The van der Waals surface area contributed by atoms with Crippen LogP contribution in [0.1, 0.15) is 18.4 Å². The van der Waals surface area contributed by atoms with E-state index in [1.807, 2.05) is 31.2 Å². The van der Waals surface area contributed by atoms with Crippen LogP contribution in [0.5, 0.6) is 0 Å². The van der Waals surface area contributed by atoms with Crippen molar-refractivity contribution in [3.05, 3.63) is 41.0 Å². The molecule has 2 aromatic rings. The second-order valence-corrected chi connectivity index (χ2v) is 6.86. The Bertz CT molecular complexity index is 754. The second-order valence-electron chi connectivity index (χ2n) is 6.42. The van der Waals surface area contributed by atoms with Gasteiger partial charge in [-0.2, -0.15) is 4.98 Å². The molecule has 1 N–H and O–H groups in total. The third-order valence-corrected chi connectivity index (χ3v) is 4.96. The summed E-state index contributed by atoms with van der Waals surface area (Å²) in [6.45, 7) is 5.05. The molecule has 0 bridgehead atoms. The summed E-state index contributed by atoms with van der Waals surface area (Å²) >= 11 is 6.09. The Morgan fingerprint density at radius 2 is 1.92 bits per heavy atom. The molecule has 4 rings (SSSR count). The van der Waals surface area contributed by atoms with Crippen molar-refractivity contribution in [3.8, 4) is 0 Å². The van der Waals surface area contributed by atoms with E-state index in [4.69, 9.17) is 21.1 Å². The highest BCUT2D eigenvalue weighted by molar-refractivity contribution is 6.30. The molecule has 2 fully saturated rings. The highest BCUT2D eigenvalue weighted by Gasteiger charge is 2.40. The Morgan fingerprint density at radius 3 is 2.68 bits per heavy atom. The van der Waals surface area contributed by atoms with Gasteiger partial charge < -0.3 is 19.7 Å². The van der Waals surface area contributed by atoms with Crippen molar-refractivity contribution >= 4 is 29.1 Å². The van der Waals surface area contributed by atoms with Gasteiger partial charge in [-0.3, -0.25) is 0 Å². The second kappa shape index (κ2) is 6.78. The van der Waals surface area contributed by atoms with E-state index in [9.17, 15) is 0 Å². The minimum atomic E-state index is -0.385. The molecule has 0 unspecified atom stereocenters. The first-order valence-electron chi connectivity index (χ1n) is 8.53. The van der Waals surface area contributed by atoms with Crippen molar-refractivity contribution in [1.29, 1.82) is 0 Å². The van der Waals surface area contributed by atoms with Gasteiger partial charge in [-0.15, -0.1) is 0 Å². The molecule has 2 aliphatic rings.